The van der Waals surface area contributed by atoms with E-state index in [0.29, 0.717) is 18.1 Å². The Bertz CT molecular complexity index is 1040. The van der Waals surface area contributed by atoms with E-state index in [1.807, 2.05) is 31.2 Å². The molecule has 2 aromatic rings. The lowest BCUT2D eigenvalue weighted by atomic mass is 9.66. The molecule has 0 spiro atoms. The molecule has 0 saturated heterocycles. The first-order chi connectivity index (χ1) is 18.5. The van der Waals surface area contributed by atoms with Crippen molar-refractivity contribution >= 4 is 5.97 Å². The third-order valence-electron chi connectivity index (χ3n) is 7.87. The number of esters is 1. The minimum Gasteiger partial charge on any atom is -0.455 e. The van der Waals surface area contributed by atoms with Crippen LogP contribution in [-0.2, 0) is 9.53 Å². The molecule has 2 aromatic carbocycles. The maximum atomic E-state index is 11.6. The summed E-state index contributed by atoms with van der Waals surface area (Å²) in [4.78, 5) is 11.6. The van der Waals surface area contributed by atoms with Crippen molar-refractivity contribution in [2.75, 3.05) is 0 Å². The van der Waals surface area contributed by atoms with Gasteiger partial charge in [0, 0.05) is 12.5 Å². The van der Waals surface area contributed by atoms with E-state index in [0.717, 1.165) is 49.3 Å². The summed E-state index contributed by atoms with van der Waals surface area (Å²) < 4.78 is 11.2. The second-order valence-corrected chi connectivity index (χ2v) is 10.8. The predicted octanol–water partition coefficient (Wildman–Crippen LogP) is 9.51. The van der Waals surface area contributed by atoms with Gasteiger partial charge in [0.25, 0.3) is 0 Å². The smallest absolute Gasteiger partial charge is 0.333 e. The minimum absolute atomic E-state index is 0.155. The van der Waals surface area contributed by atoms with Gasteiger partial charge in [-0.25, -0.2) is 4.79 Å². The minimum atomic E-state index is -0.618. The molecule has 4 nitrogen and oxygen atoms in total. The lowest BCUT2D eigenvalue weighted by Crippen LogP contribution is -2.26. The molecule has 3 unspecified atom stereocenters. The average Bonchev–Trinajstić information content (AvgIpc) is 2.95. The Kier molecular flexibility index (Phi) is 11.9. The van der Waals surface area contributed by atoms with Gasteiger partial charge in [-0.1, -0.05) is 102 Å². The number of unbranched alkanes of at least 4 members (excludes halogenated alkanes) is 5. The molecule has 1 aliphatic rings. The second kappa shape index (κ2) is 15.4. The van der Waals surface area contributed by atoms with Crippen molar-refractivity contribution in [1.29, 1.82) is 5.26 Å². The molecule has 0 aromatic heterocycles. The summed E-state index contributed by atoms with van der Waals surface area (Å²) in [7, 11) is 0. The molecule has 1 fully saturated rings. The quantitative estimate of drug-likeness (QED) is 0.103. The van der Waals surface area contributed by atoms with Crippen LogP contribution in [0.4, 0.5) is 0 Å². The highest BCUT2D eigenvalue weighted by molar-refractivity contribution is 5.81. The van der Waals surface area contributed by atoms with E-state index >= 15 is 0 Å². The van der Waals surface area contributed by atoms with Crippen molar-refractivity contribution in [1.82, 2.24) is 0 Å². The molecule has 1 aliphatic carbocycles. The van der Waals surface area contributed by atoms with E-state index in [2.05, 4.69) is 43.8 Å². The number of nitrogens with zero attached hydrogens (tertiary/aromatic N) is 1. The van der Waals surface area contributed by atoms with Crippen LogP contribution in [0.5, 0.6) is 5.75 Å². The third-order valence-corrected chi connectivity index (χ3v) is 7.87. The van der Waals surface area contributed by atoms with Gasteiger partial charge in [0.05, 0.1) is 11.5 Å². The van der Waals surface area contributed by atoms with Crippen molar-refractivity contribution in [3.8, 4) is 22.9 Å². The first-order valence-electron chi connectivity index (χ1n) is 14.6. The molecule has 3 rings (SSSR count). The third kappa shape index (κ3) is 8.76. The number of hydrogen-bond donors (Lipinski definition) is 0. The van der Waals surface area contributed by atoms with E-state index in [1.165, 1.54) is 50.5 Å². The van der Waals surface area contributed by atoms with Crippen LogP contribution in [0.2, 0.25) is 0 Å². The summed E-state index contributed by atoms with van der Waals surface area (Å²) in [5.74, 6) is 0.649. The van der Waals surface area contributed by atoms with Gasteiger partial charge in [0.2, 0.25) is 6.29 Å². The van der Waals surface area contributed by atoms with Crippen molar-refractivity contribution in [3.63, 3.8) is 0 Å². The highest BCUT2D eigenvalue weighted by Gasteiger charge is 2.36. The summed E-state index contributed by atoms with van der Waals surface area (Å²) in [5, 5.41) is 10.1. The van der Waals surface area contributed by atoms with Crippen molar-refractivity contribution in [2.24, 2.45) is 5.41 Å². The SMILES string of the molecule is C=CC(=O)OC(CCC)Oc1ccc(-c2ccc(C3CCCC(C#N)(CCCCCCCC)C3)cc2)cc1. The van der Waals surface area contributed by atoms with Crippen LogP contribution in [0, 0.1) is 16.7 Å². The maximum absolute atomic E-state index is 11.6. The zero-order valence-corrected chi connectivity index (χ0v) is 23.4. The van der Waals surface area contributed by atoms with Gasteiger partial charge in [-0.15, -0.1) is 0 Å². The fourth-order valence-electron chi connectivity index (χ4n) is 5.66. The topological polar surface area (TPSA) is 59.3 Å². The van der Waals surface area contributed by atoms with Gasteiger partial charge >= 0.3 is 5.97 Å². The Labute approximate surface area is 230 Å². The fraction of sp³-hybridized carbons (Fsp3) is 0.529. The zero-order chi connectivity index (χ0) is 27.2. The van der Waals surface area contributed by atoms with Gasteiger partial charge in [0.15, 0.2) is 0 Å². The molecule has 0 aliphatic heterocycles. The normalized spacial score (nSPS) is 19.8. The van der Waals surface area contributed by atoms with Crippen LogP contribution < -0.4 is 4.74 Å². The van der Waals surface area contributed by atoms with E-state index in [1.54, 1.807) is 0 Å². The fourth-order valence-corrected chi connectivity index (χ4v) is 5.66. The molecule has 0 amide bonds. The zero-order valence-electron chi connectivity index (χ0n) is 23.4. The van der Waals surface area contributed by atoms with Crippen molar-refractivity contribution in [2.45, 2.75) is 110 Å². The number of carbonyl (C=O) groups excluding carboxylic acids is 1. The number of benzene rings is 2. The monoisotopic (exact) mass is 515 g/mol. The Balaban J connectivity index is 1.59. The van der Waals surface area contributed by atoms with Gasteiger partial charge in [-0.3, -0.25) is 0 Å². The molecule has 0 bridgehead atoms. The number of nitriles is 1. The van der Waals surface area contributed by atoms with E-state index in [-0.39, 0.29) is 5.41 Å². The predicted molar refractivity (Wildman–Crippen MR) is 155 cm³/mol. The van der Waals surface area contributed by atoms with Crippen LogP contribution in [0.1, 0.15) is 109 Å². The molecule has 3 atom stereocenters. The Morgan fingerprint density at radius 3 is 2.32 bits per heavy atom. The van der Waals surface area contributed by atoms with Crippen LogP contribution in [0.15, 0.2) is 61.2 Å². The average molecular weight is 516 g/mol. The molecule has 38 heavy (non-hydrogen) atoms. The van der Waals surface area contributed by atoms with E-state index in [4.69, 9.17) is 9.47 Å². The molecular formula is C34H45NO3. The molecule has 1 saturated carbocycles. The summed E-state index contributed by atoms with van der Waals surface area (Å²) in [6.45, 7) is 7.72. The number of carbonyl (C=O) groups is 1. The van der Waals surface area contributed by atoms with Crippen LogP contribution in [0.25, 0.3) is 11.1 Å². The summed E-state index contributed by atoms with van der Waals surface area (Å²) in [5.41, 5.74) is 3.45. The van der Waals surface area contributed by atoms with Crippen molar-refractivity contribution < 1.29 is 14.3 Å². The van der Waals surface area contributed by atoms with Crippen LogP contribution >= 0.6 is 0 Å². The Morgan fingerprint density at radius 1 is 1.03 bits per heavy atom. The highest BCUT2D eigenvalue weighted by atomic mass is 16.7. The van der Waals surface area contributed by atoms with Crippen LogP contribution in [0.3, 0.4) is 0 Å². The Hall–Kier alpha value is -3.06. The largest absolute Gasteiger partial charge is 0.455 e. The Morgan fingerprint density at radius 2 is 1.68 bits per heavy atom. The molecule has 0 heterocycles. The summed E-state index contributed by atoms with van der Waals surface area (Å²) >= 11 is 0. The maximum Gasteiger partial charge on any atom is 0.333 e. The number of hydrogen-bond acceptors (Lipinski definition) is 4. The molecule has 0 radical (unpaired) electrons. The summed E-state index contributed by atoms with van der Waals surface area (Å²) in [6, 6.07) is 19.5. The number of rotatable bonds is 15. The lowest BCUT2D eigenvalue weighted by molar-refractivity contribution is -0.158. The van der Waals surface area contributed by atoms with Gasteiger partial charge in [-0.05, 0) is 66.8 Å². The number of ether oxygens (including phenoxy) is 2. The molecule has 204 valence electrons. The molecular weight excluding hydrogens is 470 g/mol. The van der Waals surface area contributed by atoms with E-state index in [9.17, 15) is 10.1 Å². The first-order valence-corrected chi connectivity index (χ1v) is 14.6. The molecule has 0 N–H and O–H groups in total. The second-order valence-electron chi connectivity index (χ2n) is 10.8. The highest BCUT2D eigenvalue weighted by Crippen LogP contribution is 2.47. The van der Waals surface area contributed by atoms with Crippen LogP contribution in [-0.4, -0.2) is 12.3 Å². The summed E-state index contributed by atoms with van der Waals surface area (Å²) in [6.07, 6.45) is 15.0. The molecule has 4 heteroatoms. The van der Waals surface area contributed by atoms with E-state index < -0.39 is 12.3 Å². The standard InChI is InChI=1S/C34H45NO3/c1-4-7-8-9-10-11-23-34(26-35)24-12-14-30(25-34)29-17-15-27(16-18-29)28-19-21-31(22-20-28)37-33(13-5-2)38-32(36)6-3/h6,15-22,30,33H,3-5,7-14,23-25H2,1-2H3. The van der Waals surface area contributed by atoms with Gasteiger partial charge in [0.1, 0.15) is 5.75 Å². The first kappa shape index (κ1) is 29.5. The van der Waals surface area contributed by atoms with Gasteiger partial charge < -0.3 is 9.47 Å². The van der Waals surface area contributed by atoms with Gasteiger partial charge in [-0.2, -0.15) is 5.26 Å². The lowest BCUT2D eigenvalue weighted by Gasteiger charge is -2.36. The van der Waals surface area contributed by atoms with Crippen molar-refractivity contribution in [3.05, 3.63) is 66.7 Å².